The first-order valence-electron chi connectivity index (χ1n) is 6.45. The smallest absolute Gasteiger partial charge is 0.227 e. The molecule has 1 heterocycles. The Morgan fingerprint density at radius 1 is 1.40 bits per heavy atom. The number of benzene rings is 1. The summed E-state index contributed by atoms with van der Waals surface area (Å²) in [5, 5.41) is 0. The highest BCUT2D eigenvalue weighted by Gasteiger charge is 2.32. The number of likely N-dealkylation sites (tertiary alicyclic amines) is 1. The quantitative estimate of drug-likeness (QED) is 0.930. The van der Waals surface area contributed by atoms with E-state index >= 15 is 0 Å². The highest BCUT2D eigenvalue weighted by molar-refractivity contribution is 5.85. The van der Waals surface area contributed by atoms with Crippen LogP contribution in [0.4, 0.5) is 8.78 Å². The molecule has 0 saturated carbocycles. The van der Waals surface area contributed by atoms with Crippen LogP contribution in [0.1, 0.15) is 18.9 Å². The van der Waals surface area contributed by atoms with Crippen LogP contribution in [-0.4, -0.2) is 29.9 Å². The minimum absolute atomic E-state index is 0. The number of halogens is 3. The molecule has 112 valence electrons. The Hall–Kier alpha value is -1.20. The van der Waals surface area contributed by atoms with Crippen LogP contribution < -0.4 is 5.73 Å². The fourth-order valence-corrected chi connectivity index (χ4v) is 2.61. The van der Waals surface area contributed by atoms with Gasteiger partial charge < -0.3 is 10.6 Å². The van der Waals surface area contributed by atoms with E-state index in [4.69, 9.17) is 5.73 Å². The number of carbonyl (C=O) groups excluding carboxylic acids is 1. The van der Waals surface area contributed by atoms with Crippen LogP contribution in [0.25, 0.3) is 0 Å². The first-order valence-corrected chi connectivity index (χ1v) is 6.45. The van der Waals surface area contributed by atoms with Gasteiger partial charge in [-0.2, -0.15) is 0 Å². The minimum Gasteiger partial charge on any atom is -0.339 e. The Morgan fingerprint density at radius 3 is 2.50 bits per heavy atom. The van der Waals surface area contributed by atoms with Gasteiger partial charge in [-0.05, 0) is 37.9 Å². The highest BCUT2D eigenvalue weighted by atomic mass is 35.5. The van der Waals surface area contributed by atoms with E-state index < -0.39 is 11.6 Å². The van der Waals surface area contributed by atoms with Crippen LogP contribution in [0.3, 0.4) is 0 Å². The number of amides is 1. The maximum Gasteiger partial charge on any atom is 0.227 e. The summed E-state index contributed by atoms with van der Waals surface area (Å²) in [5.74, 6) is -1.30. The molecule has 0 bridgehead atoms. The van der Waals surface area contributed by atoms with Crippen LogP contribution in [-0.2, 0) is 11.2 Å². The third kappa shape index (κ3) is 3.46. The molecule has 0 radical (unpaired) electrons. The summed E-state index contributed by atoms with van der Waals surface area (Å²) in [6.07, 6.45) is 0.613. The number of hydrogen-bond acceptors (Lipinski definition) is 2. The van der Waals surface area contributed by atoms with Crippen molar-refractivity contribution in [3.05, 3.63) is 35.4 Å². The van der Waals surface area contributed by atoms with Crippen molar-refractivity contribution in [1.82, 2.24) is 4.90 Å². The summed E-state index contributed by atoms with van der Waals surface area (Å²) in [6.45, 7) is 3.04. The van der Waals surface area contributed by atoms with Gasteiger partial charge in [0.15, 0.2) is 0 Å². The maximum atomic E-state index is 13.5. The Bertz CT molecular complexity index is 464. The summed E-state index contributed by atoms with van der Waals surface area (Å²) in [7, 11) is 0. The second-order valence-corrected chi connectivity index (χ2v) is 5.11. The zero-order valence-corrected chi connectivity index (χ0v) is 12.1. The maximum absolute atomic E-state index is 13.5. The monoisotopic (exact) mass is 304 g/mol. The molecular formula is C14H19ClF2N2O. The Kier molecular flexibility index (Phi) is 5.89. The molecule has 2 rings (SSSR count). The molecular weight excluding hydrogens is 286 g/mol. The summed E-state index contributed by atoms with van der Waals surface area (Å²) in [6, 6.07) is 3.71. The van der Waals surface area contributed by atoms with E-state index in [0.29, 0.717) is 13.1 Å². The lowest BCUT2D eigenvalue weighted by atomic mass is 10.1. The van der Waals surface area contributed by atoms with Crippen molar-refractivity contribution in [2.24, 2.45) is 11.7 Å². The van der Waals surface area contributed by atoms with E-state index in [1.165, 1.54) is 18.2 Å². The standard InChI is InChI=1S/C14H18F2N2O.ClH/c1-9-5-10(7-17)8-18(9)14(19)6-11-12(15)3-2-4-13(11)16;/h2-4,9-10H,5-8,17H2,1H3;1H. The fraction of sp³-hybridized carbons (Fsp3) is 0.500. The van der Waals surface area contributed by atoms with Gasteiger partial charge >= 0.3 is 0 Å². The summed E-state index contributed by atoms with van der Waals surface area (Å²) < 4.78 is 27.0. The molecule has 1 aromatic rings. The molecule has 20 heavy (non-hydrogen) atoms. The molecule has 1 aliphatic rings. The predicted octanol–water partition coefficient (Wildman–Crippen LogP) is 2.12. The van der Waals surface area contributed by atoms with Gasteiger partial charge in [0.25, 0.3) is 0 Å². The van der Waals surface area contributed by atoms with Gasteiger partial charge in [0.05, 0.1) is 6.42 Å². The van der Waals surface area contributed by atoms with Crippen molar-refractivity contribution in [3.8, 4) is 0 Å². The van der Waals surface area contributed by atoms with Crippen molar-refractivity contribution < 1.29 is 13.6 Å². The second-order valence-electron chi connectivity index (χ2n) is 5.11. The lowest BCUT2D eigenvalue weighted by Gasteiger charge is -2.21. The molecule has 6 heteroatoms. The number of hydrogen-bond donors (Lipinski definition) is 1. The lowest BCUT2D eigenvalue weighted by Crippen LogP contribution is -2.35. The molecule has 1 aliphatic heterocycles. The molecule has 1 aromatic carbocycles. The number of nitrogens with zero attached hydrogens (tertiary/aromatic N) is 1. The van der Waals surface area contributed by atoms with E-state index in [-0.39, 0.29) is 42.3 Å². The largest absolute Gasteiger partial charge is 0.339 e. The second kappa shape index (κ2) is 6.99. The number of nitrogens with two attached hydrogens (primary N) is 1. The summed E-state index contributed by atoms with van der Waals surface area (Å²) >= 11 is 0. The molecule has 3 nitrogen and oxygen atoms in total. The van der Waals surface area contributed by atoms with Crippen molar-refractivity contribution in [2.75, 3.05) is 13.1 Å². The third-order valence-corrected chi connectivity index (χ3v) is 3.70. The van der Waals surface area contributed by atoms with Gasteiger partial charge in [-0.25, -0.2) is 8.78 Å². The molecule has 0 spiro atoms. The molecule has 1 saturated heterocycles. The highest BCUT2D eigenvalue weighted by Crippen LogP contribution is 2.23. The van der Waals surface area contributed by atoms with Crippen LogP contribution in [0.15, 0.2) is 18.2 Å². The van der Waals surface area contributed by atoms with Gasteiger partial charge in [-0.3, -0.25) is 4.79 Å². The van der Waals surface area contributed by atoms with Crippen molar-refractivity contribution in [1.29, 1.82) is 0 Å². The average molecular weight is 305 g/mol. The molecule has 2 N–H and O–H groups in total. The van der Waals surface area contributed by atoms with Crippen molar-refractivity contribution >= 4 is 18.3 Å². The molecule has 1 fully saturated rings. The molecule has 2 atom stereocenters. The van der Waals surface area contributed by atoms with Gasteiger partial charge in [-0.15, -0.1) is 12.4 Å². The third-order valence-electron chi connectivity index (χ3n) is 3.70. The topological polar surface area (TPSA) is 46.3 Å². The van der Waals surface area contributed by atoms with Gasteiger partial charge in [0, 0.05) is 18.2 Å². The molecule has 0 aliphatic carbocycles. The summed E-state index contributed by atoms with van der Waals surface area (Å²) in [5.41, 5.74) is 5.44. The van der Waals surface area contributed by atoms with E-state index in [9.17, 15) is 13.6 Å². The van der Waals surface area contributed by atoms with Gasteiger partial charge in [0.1, 0.15) is 11.6 Å². The number of rotatable bonds is 3. The zero-order valence-electron chi connectivity index (χ0n) is 11.3. The first kappa shape index (κ1) is 16.9. The van der Waals surface area contributed by atoms with Crippen molar-refractivity contribution in [2.45, 2.75) is 25.8 Å². The summed E-state index contributed by atoms with van der Waals surface area (Å²) in [4.78, 5) is 13.8. The fourth-order valence-electron chi connectivity index (χ4n) is 2.61. The van der Waals surface area contributed by atoms with Gasteiger partial charge in [-0.1, -0.05) is 6.07 Å². The number of carbonyl (C=O) groups is 1. The van der Waals surface area contributed by atoms with Gasteiger partial charge in [0.2, 0.25) is 5.91 Å². The minimum atomic E-state index is -0.671. The molecule has 2 unspecified atom stereocenters. The first-order chi connectivity index (χ1) is 9.02. The average Bonchev–Trinajstić information content (AvgIpc) is 2.75. The van der Waals surface area contributed by atoms with E-state index in [0.717, 1.165) is 6.42 Å². The van der Waals surface area contributed by atoms with Crippen molar-refractivity contribution in [3.63, 3.8) is 0 Å². The lowest BCUT2D eigenvalue weighted by molar-refractivity contribution is -0.131. The van der Waals surface area contributed by atoms with Crippen LogP contribution in [0, 0.1) is 17.6 Å². The van der Waals surface area contributed by atoms with Crippen LogP contribution >= 0.6 is 12.4 Å². The Labute approximate surface area is 123 Å². The van der Waals surface area contributed by atoms with Crippen LogP contribution in [0.5, 0.6) is 0 Å². The molecule has 0 aromatic heterocycles. The zero-order chi connectivity index (χ0) is 14.0. The Morgan fingerprint density at radius 2 is 2.00 bits per heavy atom. The molecule has 1 amide bonds. The van der Waals surface area contributed by atoms with E-state index in [1.54, 1.807) is 4.90 Å². The van der Waals surface area contributed by atoms with Crippen LogP contribution in [0.2, 0.25) is 0 Å². The Balaban J connectivity index is 0.00000200. The SMILES string of the molecule is CC1CC(CN)CN1C(=O)Cc1c(F)cccc1F.Cl. The van der Waals surface area contributed by atoms with E-state index in [2.05, 4.69) is 0 Å². The predicted molar refractivity (Wildman–Crippen MR) is 75.6 cm³/mol. The van der Waals surface area contributed by atoms with E-state index in [1.807, 2.05) is 6.92 Å². The normalized spacial score (nSPS) is 21.7.